The van der Waals surface area contributed by atoms with Crippen LogP contribution >= 0.6 is 0 Å². The molecule has 2 heterocycles. The highest BCUT2D eigenvalue weighted by molar-refractivity contribution is 5.71. The summed E-state index contributed by atoms with van der Waals surface area (Å²) in [4.78, 5) is 7.34. The van der Waals surface area contributed by atoms with E-state index < -0.39 is 0 Å². The summed E-state index contributed by atoms with van der Waals surface area (Å²) in [5, 5.41) is 0. The molecule has 2 aliphatic heterocycles. The van der Waals surface area contributed by atoms with Gasteiger partial charge >= 0.3 is 0 Å². The van der Waals surface area contributed by atoms with Crippen LogP contribution in [0.4, 0.5) is 10.1 Å². The highest BCUT2D eigenvalue weighted by Crippen LogP contribution is 2.36. The van der Waals surface area contributed by atoms with Gasteiger partial charge in [-0.2, -0.15) is 0 Å². The van der Waals surface area contributed by atoms with Gasteiger partial charge < -0.3 is 20.1 Å². The number of benzene rings is 3. The van der Waals surface area contributed by atoms with Crippen LogP contribution in [0.1, 0.15) is 31.9 Å². The number of nitrogens with two attached hydrogens (primary N) is 1. The molecule has 38 heavy (non-hydrogen) atoms. The molecular formula is C32H34FN3O2. The predicted octanol–water partition coefficient (Wildman–Crippen LogP) is 6.79. The van der Waals surface area contributed by atoms with Crippen LogP contribution in [-0.4, -0.2) is 31.4 Å². The fourth-order valence-corrected chi connectivity index (χ4v) is 5.06. The molecule has 0 aromatic heterocycles. The highest BCUT2D eigenvalue weighted by Gasteiger charge is 2.24. The van der Waals surface area contributed by atoms with Gasteiger partial charge in [-0.3, -0.25) is 0 Å². The molecule has 0 bridgehead atoms. The molecule has 5 nitrogen and oxygen atoms in total. The van der Waals surface area contributed by atoms with Crippen molar-refractivity contribution in [2.45, 2.75) is 33.7 Å². The quantitative estimate of drug-likeness (QED) is 0.383. The molecule has 1 atom stereocenters. The van der Waals surface area contributed by atoms with Gasteiger partial charge in [-0.05, 0) is 72.5 Å². The minimum absolute atomic E-state index is 0.227. The largest absolute Gasteiger partial charge is 0.495 e. The number of hydrogen-bond acceptors (Lipinski definition) is 5. The van der Waals surface area contributed by atoms with E-state index in [9.17, 15) is 4.39 Å². The first-order chi connectivity index (χ1) is 18.3. The van der Waals surface area contributed by atoms with E-state index in [0.29, 0.717) is 37.6 Å². The molecule has 3 aromatic rings. The Bertz CT molecular complexity index is 1440. The SMILES string of the molecule is COc1cc(-c2ccc3c(c2)CN(C2=C(Cc4ccc(F)cc4)C(C)=C(C)C(C)C=N2)CCO3)ccc1N. The van der Waals surface area contributed by atoms with Gasteiger partial charge in [0.1, 0.15) is 29.7 Å². The summed E-state index contributed by atoms with van der Waals surface area (Å²) in [5.41, 5.74) is 14.6. The molecule has 0 radical (unpaired) electrons. The summed E-state index contributed by atoms with van der Waals surface area (Å²) in [7, 11) is 1.63. The van der Waals surface area contributed by atoms with Gasteiger partial charge in [0.2, 0.25) is 0 Å². The van der Waals surface area contributed by atoms with E-state index in [2.05, 4.69) is 37.8 Å². The van der Waals surface area contributed by atoms with Crippen molar-refractivity contribution in [3.8, 4) is 22.6 Å². The summed E-state index contributed by atoms with van der Waals surface area (Å²) in [6.45, 7) is 8.45. The highest BCUT2D eigenvalue weighted by atomic mass is 19.1. The van der Waals surface area contributed by atoms with Gasteiger partial charge in [0.25, 0.3) is 0 Å². The third kappa shape index (κ3) is 5.17. The van der Waals surface area contributed by atoms with Gasteiger partial charge in [0.15, 0.2) is 0 Å². The number of anilines is 1. The Morgan fingerprint density at radius 2 is 1.79 bits per heavy atom. The Morgan fingerprint density at radius 3 is 2.55 bits per heavy atom. The lowest BCUT2D eigenvalue weighted by Gasteiger charge is -2.26. The van der Waals surface area contributed by atoms with Crippen LogP contribution in [0.25, 0.3) is 11.1 Å². The van der Waals surface area contributed by atoms with Crippen LogP contribution in [0.15, 0.2) is 88.2 Å². The van der Waals surface area contributed by atoms with E-state index in [0.717, 1.165) is 39.4 Å². The minimum Gasteiger partial charge on any atom is -0.495 e. The van der Waals surface area contributed by atoms with Gasteiger partial charge in [0, 0.05) is 36.2 Å². The average molecular weight is 512 g/mol. The Kier molecular flexibility index (Phi) is 7.23. The third-order valence-electron chi connectivity index (χ3n) is 7.62. The van der Waals surface area contributed by atoms with Crippen LogP contribution < -0.4 is 15.2 Å². The lowest BCUT2D eigenvalue weighted by Crippen LogP contribution is -2.26. The molecule has 6 heteroatoms. The maximum atomic E-state index is 13.6. The maximum Gasteiger partial charge on any atom is 0.142 e. The molecule has 5 rings (SSSR count). The summed E-state index contributed by atoms with van der Waals surface area (Å²) >= 11 is 0. The van der Waals surface area contributed by atoms with Crippen molar-refractivity contribution in [1.82, 2.24) is 4.90 Å². The summed E-state index contributed by atoms with van der Waals surface area (Å²) in [6, 6.07) is 18.9. The molecule has 196 valence electrons. The van der Waals surface area contributed by atoms with E-state index in [4.69, 9.17) is 20.2 Å². The standard InChI is InChI=1S/C32H34FN3O2/c1-20-18-35-32(28(22(3)21(20)2)15-23-5-9-27(33)10-6-23)36-13-14-38-30-12-8-24(16-26(30)19-36)25-7-11-29(34)31(17-25)37-4/h5-12,16-18,20H,13-15,19,34H2,1-4H3. The lowest BCUT2D eigenvalue weighted by molar-refractivity contribution is 0.261. The number of allylic oxidation sites excluding steroid dienone is 3. The Hall–Kier alpha value is -4.06. The average Bonchev–Trinajstić information content (AvgIpc) is 3.19. The third-order valence-corrected chi connectivity index (χ3v) is 7.62. The van der Waals surface area contributed by atoms with Crippen molar-refractivity contribution in [3.05, 3.63) is 100 Å². The Balaban J connectivity index is 1.54. The molecule has 0 spiro atoms. The van der Waals surface area contributed by atoms with Crippen molar-refractivity contribution in [1.29, 1.82) is 0 Å². The monoisotopic (exact) mass is 511 g/mol. The second kappa shape index (κ2) is 10.7. The number of fused-ring (bicyclic) bond motifs is 1. The van der Waals surface area contributed by atoms with Crippen LogP contribution in [0.5, 0.6) is 11.5 Å². The normalized spacial score (nSPS) is 17.6. The van der Waals surface area contributed by atoms with E-state index in [-0.39, 0.29) is 11.7 Å². The Labute approximate surface area is 224 Å². The van der Waals surface area contributed by atoms with Gasteiger partial charge in [0.05, 0.1) is 19.3 Å². The van der Waals surface area contributed by atoms with Gasteiger partial charge in [-0.1, -0.05) is 36.8 Å². The number of nitrogen functional groups attached to an aromatic ring is 1. The molecule has 3 aromatic carbocycles. The number of methoxy groups -OCH3 is 1. The van der Waals surface area contributed by atoms with E-state index in [1.807, 2.05) is 42.6 Å². The molecule has 1 unspecified atom stereocenters. The second-order valence-electron chi connectivity index (χ2n) is 10.0. The van der Waals surface area contributed by atoms with Crippen LogP contribution in [0.3, 0.4) is 0 Å². The zero-order valence-electron chi connectivity index (χ0n) is 22.4. The topological polar surface area (TPSA) is 60.1 Å². The molecule has 0 fully saturated rings. The fraction of sp³-hybridized carbons (Fsp3) is 0.281. The second-order valence-corrected chi connectivity index (χ2v) is 10.0. The number of ether oxygens (including phenoxy) is 2. The lowest BCUT2D eigenvalue weighted by atomic mass is 9.91. The van der Waals surface area contributed by atoms with Crippen molar-refractivity contribution in [2.24, 2.45) is 10.9 Å². The number of hydrogen-bond donors (Lipinski definition) is 1. The molecular weight excluding hydrogens is 477 g/mol. The van der Waals surface area contributed by atoms with Gasteiger partial charge in [-0.15, -0.1) is 0 Å². The van der Waals surface area contributed by atoms with E-state index in [1.165, 1.54) is 23.3 Å². The summed E-state index contributed by atoms with van der Waals surface area (Å²) < 4.78 is 25.2. The number of nitrogens with zero attached hydrogens (tertiary/aromatic N) is 2. The molecule has 0 saturated carbocycles. The van der Waals surface area contributed by atoms with Crippen LogP contribution in [-0.2, 0) is 13.0 Å². The smallest absolute Gasteiger partial charge is 0.142 e. The molecule has 0 amide bonds. The summed E-state index contributed by atoms with van der Waals surface area (Å²) in [6.07, 6.45) is 2.72. The molecule has 2 aliphatic rings. The van der Waals surface area contributed by atoms with Crippen molar-refractivity contribution in [3.63, 3.8) is 0 Å². The zero-order chi connectivity index (χ0) is 26.8. The van der Waals surface area contributed by atoms with Crippen LogP contribution in [0.2, 0.25) is 0 Å². The van der Waals surface area contributed by atoms with Crippen molar-refractivity contribution < 1.29 is 13.9 Å². The fourth-order valence-electron chi connectivity index (χ4n) is 5.06. The molecule has 0 saturated heterocycles. The van der Waals surface area contributed by atoms with Crippen molar-refractivity contribution in [2.75, 3.05) is 26.0 Å². The Morgan fingerprint density at radius 1 is 1.05 bits per heavy atom. The van der Waals surface area contributed by atoms with E-state index >= 15 is 0 Å². The maximum absolute atomic E-state index is 13.6. The first-order valence-corrected chi connectivity index (χ1v) is 13.0. The molecule has 2 N–H and O–H groups in total. The first kappa shape index (κ1) is 25.6. The number of halogens is 1. The van der Waals surface area contributed by atoms with Gasteiger partial charge in [-0.25, -0.2) is 9.38 Å². The van der Waals surface area contributed by atoms with Crippen LogP contribution in [0, 0.1) is 11.7 Å². The number of rotatable bonds is 5. The van der Waals surface area contributed by atoms with Crippen molar-refractivity contribution >= 4 is 11.9 Å². The predicted molar refractivity (Wildman–Crippen MR) is 152 cm³/mol. The van der Waals surface area contributed by atoms with E-state index in [1.54, 1.807) is 7.11 Å². The minimum atomic E-state index is -0.227. The number of aliphatic imine (C=N–C) groups is 1. The summed E-state index contributed by atoms with van der Waals surface area (Å²) in [5.74, 6) is 2.50. The molecule has 0 aliphatic carbocycles. The first-order valence-electron chi connectivity index (χ1n) is 13.0. The zero-order valence-corrected chi connectivity index (χ0v) is 22.4.